The summed E-state index contributed by atoms with van der Waals surface area (Å²) in [5, 5.41) is 34.7. The average Bonchev–Trinajstić information content (AvgIpc) is 0.843. The molecule has 0 heterocycles. The van der Waals surface area contributed by atoms with Crippen LogP contribution in [0.3, 0.4) is 0 Å². The number of ether oxygens (including phenoxy) is 6. The zero-order valence-electron chi connectivity index (χ0n) is 65.2. The van der Waals surface area contributed by atoms with Crippen LogP contribution in [0.15, 0.2) is 109 Å². The highest BCUT2D eigenvalue weighted by Crippen LogP contribution is 2.29. The summed E-state index contributed by atoms with van der Waals surface area (Å²) in [4.78, 5) is 92.1. The summed E-state index contributed by atoms with van der Waals surface area (Å²) in [7, 11) is -7.84. The van der Waals surface area contributed by atoms with E-state index in [1.807, 2.05) is 0 Å². The van der Waals surface area contributed by atoms with Gasteiger partial charge in [-0.05, 0) is 92.0 Å². The number of hydrogen-bond acceptors (Lipinski definition) is 21. The highest BCUT2D eigenvalue weighted by Gasteiger charge is 2.34. The van der Waals surface area contributed by atoms with Crippen molar-refractivity contribution in [3.63, 3.8) is 0 Å². The fourth-order valence-electron chi connectivity index (χ4n) is 12.5. The SMILES string of the molecule is N=C(N)c1ccc(CNC(=O)[C@H](CCC(=O)NCCCOCCOCCOCCCN)NC(=O)[C@@H](CC2CCCCC2)NS(=O)(=O)Cc2ccccc2)cc1.N=C(N)c1ccc(CNC(=O)[C@H](CCCCNC(=O)COCC(=O)NCCOCCOCCN)NC(=O)[C@@H](CC2CCCCC2)NS(=O)(=O)Cc2ccccc2)cc1. The fraction of sp³-hybridized carbons (Fsp3) is 0.582. The van der Waals surface area contributed by atoms with Gasteiger partial charge >= 0.3 is 0 Å². The van der Waals surface area contributed by atoms with E-state index < -0.39 is 73.7 Å². The molecule has 0 spiro atoms. The van der Waals surface area contributed by atoms with Crippen molar-refractivity contribution in [2.45, 2.75) is 171 Å². The van der Waals surface area contributed by atoms with Gasteiger partial charge < -0.3 is 88.6 Å². The van der Waals surface area contributed by atoms with Gasteiger partial charge in [0, 0.05) is 70.0 Å². The van der Waals surface area contributed by atoms with Crippen molar-refractivity contribution in [3.8, 4) is 0 Å². The van der Waals surface area contributed by atoms with Gasteiger partial charge in [-0.1, -0.05) is 173 Å². The second kappa shape index (κ2) is 56.0. The average molecular weight is 1620 g/mol. The molecule has 2 aliphatic carbocycles. The van der Waals surface area contributed by atoms with Crippen molar-refractivity contribution >= 4 is 73.1 Å². The molecule has 4 aromatic carbocycles. The first-order chi connectivity index (χ1) is 54.5. The number of nitrogen functional groups attached to an aromatic ring is 2. The molecule has 628 valence electrons. The molecule has 113 heavy (non-hydrogen) atoms. The predicted octanol–water partition coefficient (Wildman–Crippen LogP) is 3.16. The van der Waals surface area contributed by atoms with E-state index in [2.05, 4.69) is 46.7 Å². The molecule has 34 heteroatoms. The van der Waals surface area contributed by atoms with E-state index in [4.69, 9.17) is 62.2 Å². The van der Waals surface area contributed by atoms with Crippen LogP contribution in [-0.2, 0) is 107 Å². The van der Waals surface area contributed by atoms with Crippen LogP contribution >= 0.6 is 0 Å². The Kier molecular flexibility index (Phi) is 47.2. The molecule has 0 unspecified atom stereocenters. The highest BCUT2D eigenvalue weighted by molar-refractivity contribution is 7.89. The minimum Gasteiger partial charge on any atom is -0.384 e. The predicted molar refractivity (Wildman–Crippen MR) is 431 cm³/mol. The van der Waals surface area contributed by atoms with Crippen LogP contribution < -0.4 is 69.6 Å². The number of nitrogens with two attached hydrogens (primary N) is 4. The van der Waals surface area contributed by atoms with Crippen LogP contribution in [0.1, 0.15) is 155 Å². The van der Waals surface area contributed by atoms with Crippen LogP contribution in [0.4, 0.5) is 0 Å². The number of rotatable bonds is 57. The standard InChI is InChI=1S/C40H62N8O9S.C39H61N7O8S/c41-18-21-55-23-24-56-22-20-45-37(50)28-57-27-36(49)44-19-8-7-13-34(39(51)46-26-31-14-16-33(17-15-31)38(42)43)47-40(52)35(25-30-9-3-1-4-10-30)48-58(53,54)29-32-11-5-2-6-12-32;40-19-7-21-52-23-25-54-26-24-53-22-8-20-43-36(47)18-17-34(38(48)44-28-31-13-15-33(16-14-31)37(41)42)45-39(49)35(27-30-9-3-1-4-10-30)46-55(50,51)29-32-11-5-2-6-12-32/h2,5-6,11-12,14-17,30,34-35,48H,1,3-4,7-10,13,18-29,41H2,(H3,42,43)(H,44,49)(H,45,50)(H,46,51)(H,47,52);2,5-6,11-16,30,34-35,46H,1,3-4,7-10,17-29,40H2,(H3,41,42)(H,43,47)(H,44,48)(H,45,49)/t2*34-,35+/m00/s1. The number of hydrogen-bond donors (Lipinski definition) is 15. The summed E-state index contributed by atoms with van der Waals surface area (Å²) in [6.07, 6.45) is 12.8. The molecule has 2 aliphatic rings. The quantitative estimate of drug-likeness (QED) is 0.0171. The normalized spacial score (nSPS) is 14.4. The number of carbonyl (C=O) groups excluding carboxylic acids is 7. The first-order valence-corrected chi connectivity index (χ1v) is 42.6. The second-order valence-corrected chi connectivity index (χ2v) is 31.5. The number of amides is 7. The highest BCUT2D eigenvalue weighted by atomic mass is 32.2. The Bertz CT molecular complexity index is 3680. The third kappa shape index (κ3) is 43.1. The summed E-state index contributed by atoms with van der Waals surface area (Å²) < 4.78 is 90.7. The van der Waals surface area contributed by atoms with Crippen molar-refractivity contribution in [3.05, 3.63) is 143 Å². The Labute approximate surface area is 666 Å². The number of sulfonamides is 2. The molecule has 19 N–H and O–H groups in total. The van der Waals surface area contributed by atoms with Gasteiger partial charge in [-0.3, -0.25) is 44.4 Å². The lowest BCUT2D eigenvalue weighted by atomic mass is 9.85. The van der Waals surface area contributed by atoms with Crippen LogP contribution in [0, 0.1) is 22.7 Å². The van der Waals surface area contributed by atoms with Gasteiger partial charge in [0.15, 0.2) is 0 Å². The maximum absolute atomic E-state index is 13.9. The molecule has 4 aromatic rings. The van der Waals surface area contributed by atoms with E-state index in [0.717, 1.165) is 81.8 Å². The summed E-state index contributed by atoms with van der Waals surface area (Å²) in [5.41, 5.74) is 25.6. The smallest absolute Gasteiger partial charge is 0.246 e. The van der Waals surface area contributed by atoms with Gasteiger partial charge in [-0.25, -0.2) is 26.3 Å². The molecule has 0 saturated heterocycles. The number of benzene rings is 4. The Hall–Kier alpha value is -8.39. The van der Waals surface area contributed by atoms with Crippen LogP contribution in [-0.4, -0.2) is 206 Å². The molecular weight excluding hydrogens is 1500 g/mol. The number of nitrogens with one attached hydrogen (secondary N) is 11. The molecule has 6 rings (SSSR count). The molecule has 0 bridgehead atoms. The van der Waals surface area contributed by atoms with Gasteiger partial charge in [-0.2, -0.15) is 0 Å². The number of unbranched alkanes of at least 4 members (excludes halogenated alkanes) is 1. The van der Waals surface area contributed by atoms with E-state index in [0.29, 0.717) is 140 Å². The lowest BCUT2D eigenvalue weighted by molar-refractivity contribution is -0.131. The van der Waals surface area contributed by atoms with E-state index in [1.165, 1.54) is 0 Å². The Morgan fingerprint density at radius 1 is 0.389 bits per heavy atom. The number of carbonyl (C=O) groups is 7. The molecule has 0 aromatic heterocycles. The minimum atomic E-state index is -3.92. The van der Waals surface area contributed by atoms with E-state index >= 15 is 0 Å². The molecule has 0 radical (unpaired) electrons. The van der Waals surface area contributed by atoms with Crippen LogP contribution in [0.25, 0.3) is 0 Å². The second-order valence-electron chi connectivity index (χ2n) is 28.0. The third-order valence-electron chi connectivity index (χ3n) is 18.6. The molecule has 2 fully saturated rings. The maximum atomic E-state index is 13.9. The Morgan fingerprint density at radius 2 is 0.788 bits per heavy atom. The summed E-state index contributed by atoms with van der Waals surface area (Å²) in [5.74, 6) is -3.69. The Balaban J connectivity index is 0.000000404. The molecule has 32 nitrogen and oxygen atoms in total. The van der Waals surface area contributed by atoms with Crippen molar-refractivity contribution in [2.24, 2.45) is 34.8 Å². The van der Waals surface area contributed by atoms with Gasteiger partial charge in [0.25, 0.3) is 0 Å². The van der Waals surface area contributed by atoms with E-state index in [-0.39, 0.29) is 105 Å². The van der Waals surface area contributed by atoms with E-state index in [9.17, 15) is 50.4 Å². The monoisotopic (exact) mass is 1620 g/mol. The molecule has 7 amide bonds. The van der Waals surface area contributed by atoms with Crippen molar-refractivity contribution in [2.75, 3.05) is 112 Å². The molecule has 4 atom stereocenters. The van der Waals surface area contributed by atoms with Crippen molar-refractivity contribution in [1.82, 2.24) is 46.7 Å². The maximum Gasteiger partial charge on any atom is 0.246 e. The van der Waals surface area contributed by atoms with Gasteiger partial charge in [0.2, 0.25) is 61.4 Å². The van der Waals surface area contributed by atoms with Crippen LogP contribution in [0.2, 0.25) is 0 Å². The molecule has 2 saturated carbocycles. The number of amidine groups is 2. The Morgan fingerprint density at radius 3 is 1.23 bits per heavy atom. The lowest BCUT2D eigenvalue weighted by Crippen LogP contribution is -2.54. The molecular formula is C79H123N15O17S2. The minimum absolute atomic E-state index is 0.0105. The summed E-state index contributed by atoms with van der Waals surface area (Å²) in [6, 6.07) is 26.8. The largest absolute Gasteiger partial charge is 0.384 e. The zero-order chi connectivity index (χ0) is 81.7. The van der Waals surface area contributed by atoms with Crippen molar-refractivity contribution < 1.29 is 78.8 Å². The summed E-state index contributed by atoms with van der Waals surface area (Å²) >= 11 is 0. The first kappa shape index (κ1) is 95.2. The first-order valence-electron chi connectivity index (χ1n) is 39.3. The van der Waals surface area contributed by atoms with Crippen LogP contribution in [0.5, 0.6) is 0 Å². The molecule has 0 aliphatic heterocycles. The fourth-order valence-corrected chi connectivity index (χ4v) is 15.2. The van der Waals surface area contributed by atoms with Gasteiger partial charge in [0.1, 0.15) is 49.1 Å². The lowest BCUT2D eigenvalue weighted by Gasteiger charge is -2.28. The summed E-state index contributed by atoms with van der Waals surface area (Å²) in [6.45, 7) is 6.00. The zero-order valence-corrected chi connectivity index (χ0v) is 66.8. The van der Waals surface area contributed by atoms with Crippen molar-refractivity contribution in [1.29, 1.82) is 10.8 Å². The third-order valence-corrected chi connectivity index (χ3v) is 21.3. The van der Waals surface area contributed by atoms with Gasteiger partial charge in [-0.15, -0.1) is 0 Å². The van der Waals surface area contributed by atoms with Gasteiger partial charge in [0.05, 0.1) is 64.4 Å². The van der Waals surface area contributed by atoms with E-state index in [1.54, 1.807) is 109 Å². The topological polar surface area (TPSA) is 503 Å².